The predicted octanol–water partition coefficient (Wildman–Crippen LogP) is 4.67. The van der Waals surface area contributed by atoms with E-state index in [0.717, 1.165) is 11.1 Å². The van der Waals surface area contributed by atoms with Crippen LogP contribution in [0.3, 0.4) is 0 Å². The number of hydrogen-bond acceptors (Lipinski definition) is 5. The summed E-state index contributed by atoms with van der Waals surface area (Å²) in [6, 6.07) is 16.5. The SMILES string of the molecule is COc1cc2c(cc1OC)C(COc1ccccc1OC)N(C(=O)c1cccc(F)c1)CC2. The van der Waals surface area contributed by atoms with Crippen molar-refractivity contribution in [3.8, 4) is 23.0 Å². The maximum Gasteiger partial charge on any atom is 0.254 e. The molecule has 0 saturated carbocycles. The number of carbonyl (C=O) groups is 1. The van der Waals surface area contributed by atoms with E-state index < -0.39 is 11.9 Å². The lowest BCUT2D eigenvalue weighted by molar-refractivity contribution is 0.0587. The van der Waals surface area contributed by atoms with Crippen molar-refractivity contribution in [3.05, 3.63) is 83.2 Å². The first-order valence-corrected chi connectivity index (χ1v) is 10.6. The maximum absolute atomic E-state index is 13.8. The zero-order chi connectivity index (χ0) is 23.4. The molecular weight excluding hydrogens is 425 g/mol. The number of ether oxygens (including phenoxy) is 4. The summed E-state index contributed by atoms with van der Waals surface area (Å²) in [5, 5.41) is 0. The smallest absolute Gasteiger partial charge is 0.254 e. The van der Waals surface area contributed by atoms with Gasteiger partial charge in [-0.15, -0.1) is 0 Å². The van der Waals surface area contributed by atoms with Crippen LogP contribution < -0.4 is 18.9 Å². The van der Waals surface area contributed by atoms with Crippen molar-refractivity contribution in [1.82, 2.24) is 4.90 Å². The minimum atomic E-state index is -0.452. The molecule has 1 heterocycles. The molecule has 1 aliphatic rings. The van der Waals surface area contributed by atoms with Crippen molar-refractivity contribution >= 4 is 5.91 Å². The molecule has 33 heavy (non-hydrogen) atoms. The highest BCUT2D eigenvalue weighted by Gasteiger charge is 2.33. The van der Waals surface area contributed by atoms with Gasteiger partial charge in [0.2, 0.25) is 0 Å². The Morgan fingerprint density at radius 2 is 1.61 bits per heavy atom. The van der Waals surface area contributed by atoms with E-state index in [0.29, 0.717) is 41.5 Å². The number of rotatable bonds is 7. The first kappa shape index (κ1) is 22.5. The first-order valence-electron chi connectivity index (χ1n) is 10.6. The Bertz CT molecular complexity index is 1150. The van der Waals surface area contributed by atoms with Crippen LogP contribution >= 0.6 is 0 Å². The lowest BCUT2D eigenvalue weighted by atomic mass is 9.91. The number of amides is 1. The molecule has 1 atom stereocenters. The Kier molecular flexibility index (Phi) is 6.68. The van der Waals surface area contributed by atoms with Crippen LogP contribution in [0.1, 0.15) is 27.5 Å². The van der Waals surface area contributed by atoms with Gasteiger partial charge in [0.1, 0.15) is 12.4 Å². The minimum absolute atomic E-state index is 0.184. The Morgan fingerprint density at radius 3 is 2.30 bits per heavy atom. The average Bonchev–Trinajstić information content (AvgIpc) is 2.85. The van der Waals surface area contributed by atoms with Gasteiger partial charge in [0.05, 0.1) is 27.4 Å². The van der Waals surface area contributed by atoms with Crippen LogP contribution in [0.5, 0.6) is 23.0 Å². The summed E-state index contributed by atoms with van der Waals surface area (Å²) in [5.41, 5.74) is 2.24. The van der Waals surface area contributed by atoms with Crippen molar-refractivity contribution in [2.75, 3.05) is 34.5 Å². The number of carbonyl (C=O) groups excluding carboxylic acids is 1. The van der Waals surface area contributed by atoms with Gasteiger partial charge in [0.15, 0.2) is 23.0 Å². The predicted molar refractivity (Wildman–Crippen MR) is 122 cm³/mol. The van der Waals surface area contributed by atoms with Crippen molar-refractivity contribution in [2.45, 2.75) is 12.5 Å². The summed E-state index contributed by atoms with van der Waals surface area (Å²) in [6.45, 7) is 0.641. The van der Waals surface area contributed by atoms with Crippen LogP contribution in [0.2, 0.25) is 0 Å². The van der Waals surface area contributed by atoms with Gasteiger partial charge in [-0.05, 0) is 60.0 Å². The molecule has 172 valence electrons. The van der Waals surface area contributed by atoms with E-state index in [-0.39, 0.29) is 12.5 Å². The topological polar surface area (TPSA) is 57.2 Å². The van der Waals surface area contributed by atoms with Gasteiger partial charge in [0, 0.05) is 12.1 Å². The molecule has 0 radical (unpaired) electrons. The number of methoxy groups -OCH3 is 3. The quantitative estimate of drug-likeness (QED) is 0.523. The Balaban J connectivity index is 1.72. The minimum Gasteiger partial charge on any atom is -0.493 e. The second-order valence-corrected chi connectivity index (χ2v) is 7.64. The lowest BCUT2D eigenvalue weighted by Crippen LogP contribution is -2.42. The Labute approximate surface area is 192 Å². The number of fused-ring (bicyclic) bond motifs is 1. The number of hydrogen-bond donors (Lipinski definition) is 0. The molecule has 6 nitrogen and oxygen atoms in total. The Hall–Kier alpha value is -3.74. The molecule has 3 aromatic rings. The fourth-order valence-corrected chi connectivity index (χ4v) is 4.15. The molecule has 1 aliphatic heterocycles. The third-order valence-corrected chi connectivity index (χ3v) is 5.80. The van der Waals surface area contributed by atoms with Crippen LogP contribution in [-0.4, -0.2) is 45.3 Å². The highest BCUT2D eigenvalue weighted by molar-refractivity contribution is 5.94. The van der Waals surface area contributed by atoms with Crippen molar-refractivity contribution in [3.63, 3.8) is 0 Å². The van der Waals surface area contributed by atoms with Gasteiger partial charge in [-0.25, -0.2) is 4.39 Å². The summed E-state index contributed by atoms with van der Waals surface area (Å²) >= 11 is 0. The fourth-order valence-electron chi connectivity index (χ4n) is 4.15. The zero-order valence-electron chi connectivity index (χ0n) is 18.8. The molecule has 7 heteroatoms. The first-order chi connectivity index (χ1) is 16.0. The monoisotopic (exact) mass is 451 g/mol. The van der Waals surface area contributed by atoms with Crippen LogP contribution in [0, 0.1) is 5.82 Å². The van der Waals surface area contributed by atoms with E-state index >= 15 is 0 Å². The van der Waals surface area contributed by atoms with Crippen LogP contribution in [0.25, 0.3) is 0 Å². The van der Waals surface area contributed by atoms with Gasteiger partial charge < -0.3 is 23.8 Å². The third kappa shape index (κ3) is 4.58. The van der Waals surface area contributed by atoms with E-state index in [9.17, 15) is 9.18 Å². The number of benzene rings is 3. The summed E-state index contributed by atoms with van der Waals surface area (Å²) < 4.78 is 36.3. The normalized spacial score (nSPS) is 14.9. The number of halogens is 1. The van der Waals surface area contributed by atoms with Gasteiger partial charge in [0.25, 0.3) is 5.91 Å². The molecule has 0 spiro atoms. The van der Waals surface area contributed by atoms with Crippen LogP contribution in [-0.2, 0) is 6.42 Å². The molecule has 0 bridgehead atoms. The van der Waals surface area contributed by atoms with Crippen molar-refractivity contribution in [1.29, 1.82) is 0 Å². The van der Waals surface area contributed by atoms with E-state index in [4.69, 9.17) is 18.9 Å². The molecule has 4 rings (SSSR count). The van der Waals surface area contributed by atoms with E-state index in [1.54, 1.807) is 32.3 Å². The molecule has 1 amide bonds. The van der Waals surface area contributed by atoms with E-state index in [2.05, 4.69) is 0 Å². The van der Waals surface area contributed by atoms with Gasteiger partial charge >= 0.3 is 0 Å². The summed E-state index contributed by atoms with van der Waals surface area (Å²) in [5.74, 6) is 1.66. The second-order valence-electron chi connectivity index (χ2n) is 7.64. The van der Waals surface area contributed by atoms with Crippen LogP contribution in [0.4, 0.5) is 4.39 Å². The van der Waals surface area contributed by atoms with Gasteiger partial charge in [-0.2, -0.15) is 0 Å². The van der Waals surface area contributed by atoms with Gasteiger partial charge in [-0.1, -0.05) is 18.2 Å². The van der Waals surface area contributed by atoms with Gasteiger partial charge in [-0.3, -0.25) is 4.79 Å². The molecule has 0 fully saturated rings. The molecule has 1 unspecified atom stereocenters. The largest absolute Gasteiger partial charge is 0.493 e. The summed E-state index contributed by atoms with van der Waals surface area (Å²) in [7, 11) is 4.74. The second kappa shape index (κ2) is 9.81. The Morgan fingerprint density at radius 1 is 0.909 bits per heavy atom. The summed E-state index contributed by atoms with van der Waals surface area (Å²) in [4.78, 5) is 15.1. The van der Waals surface area contributed by atoms with Crippen molar-refractivity contribution < 1.29 is 28.1 Å². The third-order valence-electron chi connectivity index (χ3n) is 5.80. The molecule has 3 aromatic carbocycles. The molecule has 0 saturated heterocycles. The number of para-hydroxylation sites is 2. The molecular formula is C26H26FNO5. The highest BCUT2D eigenvalue weighted by atomic mass is 19.1. The zero-order valence-corrected chi connectivity index (χ0v) is 18.8. The number of nitrogens with zero attached hydrogens (tertiary/aromatic N) is 1. The average molecular weight is 451 g/mol. The van der Waals surface area contributed by atoms with E-state index in [1.165, 1.54) is 18.2 Å². The van der Waals surface area contributed by atoms with Crippen LogP contribution in [0.15, 0.2) is 60.7 Å². The van der Waals surface area contributed by atoms with Crippen molar-refractivity contribution in [2.24, 2.45) is 0 Å². The standard InChI is InChI=1S/C26H26FNO5/c1-30-22-9-4-5-10-23(22)33-16-21-20-15-25(32-3)24(31-2)14-17(20)11-12-28(21)26(29)18-7-6-8-19(27)13-18/h4-10,13-15,21H,11-12,16H2,1-3H3. The maximum atomic E-state index is 13.8. The molecule has 0 N–H and O–H groups in total. The molecule has 0 aliphatic carbocycles. The summed E-state index contributed by atoms with van der Waals surface area (Å²) in [6.07, 6.45) is 0.627. The highest BCUT2D eigenvalue weighted by Crippen LogP contribution is 2.39. The molecule has 0 aromatic heterocycles. The fraction of sp³-hybridized carbons (Fsp3) is 0.269. The lowest BCUT2D eigenvalue weighted by Gasteiger charge is -2.37. The van der Waals surface area contributed by atoms with E-state index in [1.807, 2.05) is 36.4 Å².